The van der Waals surface area contributed by atoms with Crippen molar-refractivity contribution in [3.8, 4) is 5.75 Å². The van der Waals surface area contributed by atoms with Crippen LogP contribution in [0.5, 0.6) is 5.75 Å². The number of aliphatic hydroxyl groups excluding tert-OH is 1. The van der Waals surface area contributed by atoms with Crippen molar-refractivity contribution in [1.82, 2.24) is 14.9 Å². The maximum atomic E-state index is 13.8. The number of nitrogens with zero attached hydrogens (tertiary/aromatic N) is 1. The Bertz CT molecular complexity index is 1300. The quantitative estimate of drug-likeness (QED) is 0.298. The van der Waals surface area contributed by atoms with Gasteiger partial charge >= 0.3 is 0 Å². The Kier molecular flexibility index (Phi) is 11.6. The normalized spacial score (nSPS) is 26.1. The molecule has 0 spiro atoms. The van der Waals surface area contributed by atoms with Crippen molar-refractivity contribution in [2.24, 2.45) is 0 Å². The number of carbonyl (C=O) groups excluding carboxylic acids is 1. The lowest BCUT2D eigenvalue weighted by molar-refractivity contribution is -0.126. The molecule has 1 amide bonds. The number of nitrogens with one attached hydrogen (secondary N) is 2. The van der Waals surface area contributed by atoms with Crippen LogP contribution in [-0.2, 0) is 26.0 Å². The second kappa shape index (κ2) is 15.1. The van der Waals surface area contributed by atoms with Crippen LogP contribution in [0.2, 0.25) is 0 Å². The van der Waals surface area contributed by atoms with Gasteiger partial charge in [-0.25, -0.2) is 8.42 Å². The van der Waals surface area contributed by atoms with Crippen molar-refractivity contribution in [3.63, 3.8) is 0 Å². The van der Waals surface area contributed by atoms with Crippen LogP contribution in [0.3, 0.4) is 0 Å². The SMILES string of the molecule is CCCCCS(=O)(=O)N(C)[C@@H]1C/C=C/CO[C@H]2C[C@@H](NC[C@@H](O)[C@H](Cc3ccccc3)NC1=O)c1cc(OC)ccc12. The van der Waals surface area contributed by atoms with Crippen molar-refractivity contribution >= 4 is 15.9 Å². The summed E-state index contributed by atoms with van der Waals surface area (Å²) >= 11 is 0. The van der Waals surface area contributed by atoms with Crippen molar-refractivity contribution in [3.05, 3.63) is 77.4 Å². The first-order chi connectivity index (χ1) is 20.2. The van der Waals surface area contributed by atoms with Crippen molar-refractivity contribution in [1.29, 1.82) is 0 Å². The van der Waals surface area contributed by atoms with E-state index in [1.807, 2.05) is 67.6 Å². The van der Waals surface area contributed by atoms with Crippen LogP contribution in [0.15, 0.2) is 60.7 Å². The number of carbonyl (C=O) groups is 1. The Hall–Kier alpha value is -2.76. The summed E-state index contributed by atoms with van der Waals surface area (Å²) in [6, 6.07) is 14.0. The van der Waals surface area contributed by atoms with Gasteiger partial charge in [0.1, 0.15) is 11.8 Å². The van der Waals surface area contributed by atoms with Crippen LogP contribution in [0.4, 0.5) is 0 Å². The van der Waals surface area contributed by atoms with Gasteiger partial charge in [0.25, 0.3) is 0 Å². The van der Waals surface area contributed by atoms with E-state index >= 15 is 0 Å². The van der Waals surface area contributed by atoms with Crippen molar-refractivity contribution in [2.45, 2.75) is 75.8 Å². The van der Waals surface area contributed by atoms with Gasteiger partial charge in [-0.2, -0.15) is 4.31 Å². The maximum Gasteiger partial charge on any atom is 0.239 e. The first kappa shape index (κ1) is 32.2. The molecule has 4 rings (SSSR count). The molecule has 5 atom stereocenters. The Morgan fingerprint density at radius 1 is 1.10 bits per heavy atom. The summed E-state index contributed by atoms with van der Waals surface area (Å²) in [5, 5.41) is 17.9. The van der Waals surface area contributed by atoms with Crippen LogP contribution in [0, 0.1) is 0 Å². The van der Waals surface area contributed by atoms with E-state index in [0.717, 1.165) is 35.3 Å². The lowest BCUT2D eigenvalue weighted by atomic mass is 9.99. The average molecular weight is 600 g/mol. The highest BCUT2D eigenvalue weighted by molar-refractivity contribution is 7.89. The number of rotatable bonds is 9. The van der Waals surface area contributed by atoms with Crippen LogP contribution in [0.1, 0.15) is 67.9 Å². The van der Waals surface area contributed by atoms with E-state index in [2.05, 4.69) is 10.6 Å². The Labute approximate surface area is 250 Å². The molecule has 0 aromatic heterocycles. The fraction of sp³-hybridized carbons (Fsp3) is 0.531. The zero-order chi connectivity index (χ0) is 30.1. The lowest BCUT2D eigenvalue weighted by Crippen LogP contribution is -2.55. The molecule has 1 aliphatic heterocycles. The molecule has 2 aromatic rings. The number of aliphatic hydroxyl groups is 1. The van der Waals surface area contributed by atoms with E-state index in [1.165, 1.54) is 11.4 Å². The summed E-state index contributed by atoms with van der Waals surface area (Å²) in [5.74, 6) is 0.306. The molecular weight excluding hydrogens is 554 g/mol. The number of sulfonamides is 1. The van der Waals surface area contributed by atoms with E-state index in [9.17, 15) is 18.3 Å². The predicted molar refractivity (Wildman–Crippen MR) is 164 cm³/mol. The van der Waals surface area contributed by atoms with Gasteiger partial charge in [-0.15, -0.1) is 0 Å². The molecule has 3 N–H and O–H groups in total. The average Bonchev–Trinajstić information content (AvgIpc) is 3.33. The second-order valence-electron chi connectivity index (χ2n) is 11.1. The van der Waals surface area contributed by atoms with Gasteiger partial charge < -0.3 is 25.2 Å². The molecule has 9 nitrogen and oxygen atoms in total. The summed E-state index contributed by atoms with van der Waals surface area (Å²) in [7, 11) is -0.556. The summed E-state index contributed by atoms with van der Waals surface area (Å²) in [4.78, 5) is 13.8. The molecule has 10 heteroatoms. The van der Waals surface area contributed by atoms with Crippen molar-refractivity contribution < 1.29 is 27.8 Å². The Balaban J connectivity index is 1.63. The summed E-state index contributed by atoms with van der Waals surface area (Å²) in [5.41, 5.74) is 3.11. The summed E-state index contributed by atoms with van der Waals surface area (Å²) < 4.78 is 39.3. The van der Waals surface area contributed by atoms with Crippen LogP contribution < -0.4 is 15.4 Å². The zero-order valence-corrected chi connectivity index (χ0v) is 25.7. The number of benzene rings is 2. The molecule has 2 aliphatic rings. The number of hydrogen-bond acceptors (Lipinski definition) is 7. The Morgan fingerprint density at radius 2 is 1.88 bits per heavy atom. The third-order valence-electron chi connectivity index (χ3n) is 8.24. The highest BCUT2D eigenvalue weighted by Crippen LogP contribution is 2.42. The predicted octanol–water partition coefficient (Wildman–Crippen LogP) is 3.66. The fourth-order valence-electron chi connectivity index (χ4n) is 5.69. The van der Waals surface area contributed by atoms with Gasteiger partial charge in [0, 0.05) is 19.6 Å². The van der Waals surface area contributed by atoms with Gasteiger partial charge in [0.05, 0.1) is 37.7 Å². The zero-order valence-electron chi connectivity index (χ0n) is 24.9. The highest BCUT2D eigenvalue weighted by Gasteiger charge is 2.35. The molecule has 230 valence electrons. The summed E-state index contributed by atoms with van der Waals surface area (Å²) in [6.07, 6.45) is 6.10. The second-order valence-corrected chi connectivity index (χ2v) is 13.3. The number of hydrogen-bond donors (Lipinski definition) is 3. The molecule has 0 saturated heterocycles. The van der Waals surface area contributed by atoms with Crippen LogP contribution >= 0.6 is 0 Å². The smallest absolute Gasteiger partial charge is 0.239 e. The van der Waals surface area contributed by atoms with Gasteiger partial charge in [-0.3, -0.25) is 4.79 Å². The number of ether oxygens (including phenoxy) is 2. The van der Waals surface area contributed by atoms with E-state index in [4.69, 9.17) is 9.47 Å². The molecule has 2 aromatic carbocycles. The van der Waals surface area contributed by atoms with Gasteiger partial charge in [-0.05, 0) is 54.5 Å². The minimum absolute atomic E-state index is 0.0127. The maximum absolute atomic E-state index is 13.8. The first-order valence-electron chi connectivity index (χ1n) is 14.9. The molecule has 1 aliphatic carbocycles. The van der Waals surface area contributed by atoms with Crippen molar-refractivity contribution in [2.75, 3.05) is 33.1 Å². The minimum Gasteiger partial charge on any atom is -0.497 e. The number of fused-ring (bicyclic) bond motifs is 5. The molecule has 0 unspecified atom stereocenters. The minimum atomic E-state index is -3.66. The van der Waals surface area contributed by atoms with E-state index in [0.29, 0.717) is 25.9 Å². The number of β-amino-alcohol motifs (C(OH)–C–C–N with tert-alkyl or cyclic N) is 1. The van der Waals surface area contributed by atoms with E-state index in [1.54, 1.807) is 7.11 Å². The number of methoxy groups -OCH3 is 1. The molecule has 0 saturated carbocycles. The topological polar surface area (TPSA) is 117 Å². The molecule has 0 fully saturated rings. The lowest BCUT2D eigenvalue weighted by Gasteiger charge is -2.31. The van der Waals surface area contributed by atoms with E-state index < -0.39 is 34.1 Å². The van der Waals surface area contributed by atoms with Crippen LogP contribution in [-0.4, -0.2) is 75.0 Å². The number of likely N-dealkylation sites (N-methyl/N-ethyl adjacent to an activating group) is 1. The van der Waals surface area contributed by atoms with Gasteiger partial charge in [-0.1, -0.05) is 68.3 Å². The third-order valence-corrected chi connectivity index (χ3v) is 10.2. The standard InChI is InChI=1S/C32H45N3O6S/c1-4-5-11-18-42(38,39)35(2)29-14-9-10-17-41-31-21-27(26-20-24(40-3)15-16-25(26)31)33-22-30(36)28(34-32(29)37)19-23-12-7-6-8-13-23/h6-10,12-13,15-16,20,27-31,33,36H,4-5,11,14,17-19,21-22H2,1-3H3,(H,34,37)/b10-9+/t27-,28+,29-,30-,31+/m1/s1. The molecular formula is C32H45N3O6S. The largest absolute Gasteiger partial charge is 0.497 e. The van der Waals surface area contributed by atoms with Gasteiger partial charge in [0.2, 0.25) is 15.9 Å². The molecule has 0 radical (unpaired) electrons. The third kappa shape index (κ3) is 8.20. The summed E-state index contributed by atoms with van der Waals surface area (Å²) in [6.45, 7) is 2.56. The number of amides is 1. The monoisotopic (exact) mass is 599 g/mol. The fourth-order valence-corrected chi connectivity index (χ4v) is 7.11. The molecule has 2 bridgehead atoms. The number of unbranched alkanes of at least 4 members (excludes halogenated alkanes) is 2. The first-order valence-corrected chi connectivity index (χ1v) is 16.5. The van der Waals surface area contributed by atoms with Crippen LogP contribution in [0.25, 0.3) is 0 Å². The van der Waals surface area contributed by atoms with E-state index in [-0.39, 0.29) is 30.9 Å². The molecule has 1 heterocycles. The molecule has 42 heavy (non-hydrogen) atoms. The highest BCUT2D eigenvalue weighted by atomic mass is 32.2. The van der Waals surface area contributed by atoms with Gasteiger partial charge in [0.15, 0.2) is 0 Å². The Morgan fingerprint density at radius 3 is 2.62 bits per heavy atom.